The van der Waals surface area contributed by atoms with Crippen LogP contribution >= 0.6 is 0 Å². The summed E-state index contributed by atoms with van der Waals surface area (Å²) in [6.45, 7) is 4.04. The summed E-state index contributed by atoms with van der Waals surface area (Å²) in [6.07, 6.45) is 3.11. The van der Waals surface area contributed by atoms with Crippen LogP contribution in [0.4, 0.5) is 0 Å². The topological polar surface area (TPSA) is 30.0 Å². The van der Waals surface area contributed by atoms with Gasteiger partial charge in [0.25, 0.3) is 0 Å². The van der Waals surface area contributed by atoms with Crippen molar-refractivity contribution in [2.24, 2.45) is 0 Å². The minimum Gasteiger partial charge on any atom is -0.292 e. The fraction of sp³-hybridized carbons (Fsp3) is 0.250. The first-order valence-corrected chi connectivity index (χ1v) is 6.23. The highest BCUT2D eigenvalue weighted by Gasteiger charge is 2.10. The molecule has 1 aromatic heterocycles. The summed E-state index contributed by atoms with van der Waals surface area (Å²) in [6, 6.07) is 12.0. The minimum absolute atomic E-state index is 0.0809. The SMILES string of the molecule is CCc1ccc(CC(=O)c2ncccc2C)cc1. The summed E-state index contributed by atoms with van der Waals surface area (Å²) < 4.78 is 0. The molecule has 0 aliphatic carbocycles. The monoisotopic (exact) mass is 239 g/mol. The molecule has 0 bridgehead atoms. The number of carbonyl (C=O) groups is 1. The Morgan fingerprint density at radius 1 is 1.11 bits per heavy atom. The standard InChI is InChI=1S/C16H17NO/c1-3-13-6-8-14(9-7-13)11-15(18)16-12(2)5-4-10-17-16/h4-10H,3,11H2,1-2H3. The molecule has 92 valence electrons. The van der Waals surface area contributed by atoms with Crippen LogP contribution in [0.1, 0.15) is 34.1 Å². The number of aryl methyl sites for hydroxylation is 2. The number of ketones is 1. The first kappa shape index (κ1) is 12.5. The Morgan fingerprint density at radius 3 is 2.39 bits per heavy atom. The largest absolute Gasteiger partial charge is 0.292 e. The Hall–Kier alpha value is -1.96. The Balaban J connectivity index is 2.14. The summed E-state index contributed by atoms with van der Waals surface area (Å²) in [5, 5.41) is 0. The first-order chi connectivity index (χ1) is 8.70. The summed E-state index contributed by atoms with van der Waals surface area (Å²) in [5.74, 6) is 0.0809. The molecule has 0 N–H and O–H groups in total. The lowest BCUT2D eigenvalue weighted by Gasteiger charge is -2.04. The Bertz CT molecular complexity index is 543. The number of hydrogen-bond acceptors (Lipinski definition) is 2. The van der Waals surface area contributed by atoms with E-state index in [4.69, 9.17) is 0 Å². The van der Waals surface area contributed by atoms with Crippen LogP contribution in [0.25, 0.3) is 0 Å². The average Bonchev–Trinajstić information content (AvgIpc) is 2.40. The molecule has 0 unspecified atom stereocenters. The smallest absolute Gasteiger partial charge is 0.185 e. The van der Waals surface area contributed by atoms with E-state index in [9.17, 15) is 4.79 Å². The molecule has 18 heavy (non-hydrogen) atoms. The number of nitrogens with zero attached hydrogens (tertiary/aromatic N) is 1. The molecule has 2 nitrogen and oxygen atoms in total. The predicted octanol–water partition coefficient (Wildman–Crippen LogP) is 3.38. The Kier molecular flexibility index (Phi) is 3.88. The summed E-state index contributed by atoms with van der Waals surface area (Å²) in [7, 11) is 0. The molecule has 0 aliphatic heterocycles. The lowest BCUT2D eigenvalue weighted by Crippen LogP contribution is -2.07. The van der Waals surface area contributed by atoms with E-state index < -0.39 is 0 Å². The van der Waals surface area contributed by atoms with Gasteiger partial charge in [-0.15, -0.1) is 0 Å². The van der Waals surface area contributed by atoms with E-state index in [2.05, 4.69) is 24.0 Å². The third-order valence-electron chi connectivity index (χ3n) is 3.07. The zero-order valence-corrected chi connectivity index (χ0v) is 10.8. The van der Waals surface area contributed by atoms with E-state index in [1.165, 1.54) is 5.56 Å². The maximum Gasteiger partial charge on any atom is 0.185 e. The molecule has 0 radical (unpaired) electrons. The number of aromatic nitrogens is 1. The van der Waals surface area contributed by atoms with Gasteiger partial charge in [-0.2, -0.15) is 0 Å². The maximum atomic E-state index is 12.1. The molecule has 0 amide bonds. The van der Waals surface area contributed by atoms with E-state index in [0.29, 0.717) is 12.1 Å². The number of Topliss-reactive ketones (excluding diaryl/α,β-unsaturated/α-hetero) is 1. The number of carbonyl (C=O) groups excluding carboxylic acids is 1. The van der Waals surface area contributed by atoms with Crippen molar-refractivity contribution >= 4 is 5.78 Å². The number of pyridine rings is 1. The molecule has 0 saturated carbocycles. The quantitative estimate of drug-likeness (QED) is 0.766. The highest BCUT2D eigenvalue weighted by atomic mass is 16.1. The van der Waals surface area contributed by atoms with Crippen molar-refractivity contribution in [1.82, 2.24) is 4.98 Å². The summed E-state index contributed by atoms with van der Waals surface area (Å²) >= 11 is 0. The number of hydrogen-bond donors (Lipinski definition) is 0. The van der Waals surface area contributed by atoms with Gasteiger partial charge in [0.05, 0.1) is 0 Å². The molecule has 2 heteroatoms. The fourth-order valence-electron chi connectivity index (χ4n) is 1.94. The second-order valence-electron chi connectivity index (χ2n) is 4.44. The number of rotatable bonds is 4. The van der Waals surface area contributed by atoms with Crippen molar-refractivity contribution in [2.75, 3.05) is 0 Å². The van der Waals surface area contributed by atoms with Crippen molar-refractivity contribution in [3.8, 4) is 0 Å². The van der Waals surface area contributed by atoms with Gasteiger partial charge in [-0.3, -0.25) is 9.78 Å². The lowest BCUT2D eigenvalue weighted by atomic mass is 10.0. The first-order valence-electron chi connectivity index (χ1n) is 6.23. The van der Waals surface area contributed by atoms with E-state index in [1.807, 2.05) is 31.2 Å². The van der Waals surface area contributed by atoms with Gasteiger partial charge in [0.15, 0.2) is 5.78 Å². The van der Waals surface area contributed by atoms with Gasteiger partial charge in [0.1, 0.15) is 5.69 Å². The minimum atomic E-state index is 0.0809. The van der Waals surface area contributed by atoms with E-state index in [1.54, 1.807) is 6.20 Å². The molecule has 1 aromatic carbocycles. The van der Waals surface area contributed by atoms with Gasteiger partial charge in [-0.25, -0.2) is 0 Å². The highest BCUT2D eigenvalue weighted by Crippen LogP contribution is 2.11. The molecule has 1 heterocycles. The van der Waals surface area contributed by atoms with Gasteiger partial charge in [-0.1, -0.05) is 37.3 Å². The molecule has 0 spiro atoms. The molecule has 0 fully saturated rings. The molecular formula is C16H17NO. The van der Waals surface area contributed by atoms with Gasteiger partial charge >= 0.3 is 0 Å². The molecule has 0 aliphatic rings. The number of benzene rings is 1. The zero-order valence-electron chi connectivity index (χ0n) is 10.8. The van der Waals surface area contributed by atoms with Gasteiger partial charge in [-0.05, 0) is 36.1 Å². The van der Waals surface area contributed by atoms with Crippen LogP contribution in [0.3, 0.4) is 0 Å². The van der Waals surface area contributed by atoms with Crippen LogP contribution in [0.15, 0.2) is 42.6 Å². The molecule has 0 saturated heterocycles. The molecular weight excluding hydrogens is 222 g/mol. The predicted molar refractivity (Wildman–Crippen MR) is 72.8 cm³/mol. The normalized spacial score (nSPS) is 10.3. The fourth-order valence-corrected chi connectivity index (χ4v) is 1.94. The lowest BCUT2D eigenvalue weighted by molar-refractivity contribution is 0.0987. The summed E-state index contributed by atoms with van der Waals surface area (Å²) in [5.41, 5.74) is 3.85. The Morgan fingerprint density at radius 2 is 1.78 bits per heavy atom. The zero-order chi connectivity index (χ0) is 13.0. The van der Waals surface area contributed by atoms with Crippen LogP contribution in [0.2, 0.25) is 0 Å². The van der Waals surface area contributed by atoms with Gasteiger partial charge in [0, 0.05) is 12.6 Å². The third kappa shape index (κ3) is 2.83. The van der Waals surface area contributed by atoms with Crippen molar-refractivity contribution < 1.29 is 4.79 Å². The average molecular weight is 239 g/mol. The van der Waals surface area contributed by atoms with Crippen LogP contribution in [-0.4, -0.2) is 10.8 Å². The van der Waals surface area contributed by atoms with Crippen molar-refractivity contribution in [3.05, 3.63) is 65.0 Å². The van der Waals surface area contributed by atoms with Crippen LogP contribution in [0, 0.1) is 6.92 Å². The van der Waals surface area contributed by atoms with E-state index in [-0.39, 0.29) is 5.78 Å². The van der Waals surface area contributed by atoms with Crippen LogP contribution in [0.5, 0.6) is 0 Å². The van der Waals surface area contributed by atoms with Crippen LogP contribution < -0.4 is 0 Å². The second-order valence-corrected chi connectivity index (χ2v) is 4.44. The third-order valence-corrected chi connectivity index (χ3v) is 3.07. The van der Waals surface area contributed by atoms with Gasteiger partial charge < -0.3 is 0 Å². The summed E-state index contributed by atoms with van der Waals surface area (Å²) in [4.78, 5) is 16.3. The van der Waals surface area contributed by atoms with Crippen molar-refractivity contribution in [2.45, 2.75) is 26.7 Å². The van der Waals surface area contributed by atoms with E-state index >= 15 is 0 Å². The molecule has 2 rings (SSSR count). The van der Waals surface area contributed by atoms with Crippen molar-refractivity contribution in [3.63, 3.8) is 0 Å². The van der Waals surface area contributed by atoms with Crippen molar-refractivity contribution in [1.29, 1.82) is 0 Å². The van der Waals surface area contributed by atoms with Crippen LogP contribution in [-0.2, 0) is 12.8 Å². The Labute approximate surface area is 108 Å². The second kappa shape index (κ2) is 5.58. The highest BCUT2D eigenvalue weighted by molar-refractivity contribution is 5.96. The molecule has 2 aromatic rings. The van der Waals surface area contributed by atoms with E-state index in [0.717, 1.165) is 17.5 Å². The maximum absolute atomic E-state index is 12.1. The van der Waals surface area contributed by atoms with Gasteiger partial charge in [0.2, 0.25) is 0 Å². The molecule has 0 atom stereocenters.